The third-order valence-electron chi connectivity index (χ3n) is 4.18. The number of rotatable bonds is 3. The second kappa shape index (κ2) is 6.94. The van der Waals surface area contributed by atoms with E-state index in [2.05, 4.69) is 15.3 Å². The fourth-order valence-electron chi connectivity index (χ4n) is 2.93. The molecule has 1 aliphatic rings. The Hall–Kier alpha value is -2.63. The van der Waals surface area contributed by atoms with E-state index in [0.717, 1.165) is 12.1 Å². The number of nitrogens with zero attached hydrogens (tertiary/aromatic N) is 3. The molecule has 2 heterocycles. The molecular formula is C19H14Cl2N4O. The zero-order valence-electron chi connectivity index (χ0n) is 13.6. The van der Waals surface area contributed by atoms with Crippen molar-refractivity contribution < 1.29 is 4.79 Å². The first-order valence-corrected chi connectivity index (χ1v) is 8.82. The molecular weight excluding hydrogens is 371 g/mol. The molecule has 7 heteroatoms. The lowest BCUT2D eigenvalue weighted by molar-refractivity contribution is 0.0984. The van der Waals surface area contributed by atoms with Crippen LogP contribution in [-0.2, 0) is 6.42 Å². The molecule has 2 aromatic carbocycles. The molecule has 4 rings (SSSR count). The fraction of sp³-hybridized carbons (Fsp3) is 0.105. The maximum absolute atomic E-state index is 12.9. The highest BCUT2D eigenvalue weighted by Gasteiger charge is 2.26. The summed E-state index contributed by atoms with van der Waals surface area (Å²) in [5.41, 5.74) is 3.13. The molecule has 0 fully saturated rings. The van der Waals surface area contributed by atoms with Crippen LogP contribution in [-0.4, -0.2) is 22.4 Å². The van der Waals surface area contributed by atoms with Crippen molar-refractivity contribution in [1.29, 1.82) is 0 Å². The second-order valence-corrected chi connectivity index (χ2v) is 6.67. The molecule has 1 amide bonds. The molecule has 26 heavy (non-hydrogen) atoms. The number of hydrogen-bond donors (Lipinski definition) is 1. The van der Waals surface area contributed by atoms with Crippen LogP contribution in [0.15, 0.2) is 54.7 Å². The molecule has 0 unspecified atom stereocenters. The molecule has 5 nitrogen and oxygen atoms in total. The number of hydrogen-bond acceptors (Lipinski definition) is 4. The largest absolute Gasteiger partial charge is 0.324 e. The number of aromatic nitrogens is 2. The highest BCUT2D eigenvalue weighted by Crippen LogP contribution is 2.29. The van der Waals surface area contributed by atoms with Gasteiger partial charge in [0.2, 0.25) is 5.95 Å². The monoisotopic (exact) mass is 384 g/mol. The Bertz CT molecular complexity index is 993. The summed E-state index contributed by atoms with van der Waals surface area (Å²) in [6.07, 6.45) is 2.41. The van der Waals surface area contributed by atoms with Crippen LogP contribution in [0.3, 0.4) is 0 Å². The molecule has 0 atom stereocenters. The molecule has 0 saturated heterocycles. The average Bonchev–Trinajstić information content (AvgIpc) is 3.08. The van der Waals surface area contributed by atoms with Gasteiger partial charge in [-0.1, -0.05) is 41.4 Å². The SMILES string of the molecule is O=C(c1ccnc(Nc2ccc(Cl)c(Cl)c2)n1)N1CCc2ccccc21. The lowest BCUT2D eigenvalue weighted by atomic mass is 10.2. The molecule has 0 spiro atoms. The number of fused-ring (bicyclic) bond motifs is 1. The summed E-state index contributed by atoms with van der Waals surface area (Å²) >= 11 is 11.9. The molecule has 0 bridgehead atoms. The number of carbonyl (C=O) groups is 1. The van der Waals surface area contributed by atoms with Crippen LogP contribution >= 0.6 is 23.2 Å². The Morgan fingerprint density at radius 2 is 1.92 bits per heavy atom. The highest BCUT2D eigenvalue weighted by molar-refractivity contribution is 6.42. The quantitative estimate of drug-likeness (QED) is 0.708. The molecule has 130 valence electrons. The number of benzene rings is 2. The topological polar surface area (TPSA) is 58.1 Å². The van der Waals surface area contributed by atoms with Gasteiger partial charge in [-0.15, -0.1) is 0 Å². The van der Waals surface area contributed by atoms with Gasteiger partial charge >= 0.3 is 0 Å². The highest BCUT2D eigenvalue weighted by atomic mass is 35.5. The third kappa shape index (κ3) is 3.23. The number of carbonyl (C=O) groups excluding carboxylic acids is 1. The van der Waals surface area contributed by atoms with E-state index in [-0.39, 0.29) is 5.91 Å². The average molecular weight is 385 g/mol. The number of anilines is 3. The van der Waals surface area contributed by atoms with E-state index in [1.807, 2.05) is 24.3 Å². The van der Waals surface area contributed by atoms with Crippen molar-refractivity contribution in [2.24, 2.45) is 0 Å². The van der Waals surface area contributed by atoms with Gasteiger partial charge in [-0.2, -0.15) is 0 Å². The minimum atomic E-state index is -0.144. The summed E-state index contributed by atoms with van der Waals surface area (Å²) in [4.78, 5) is 23.2. The van der Waals surface area contributed by atoms with Crippen molar-refractivity contribution in [2.45, 2.75) is 6.42 Å². The van der Waals surface area contributed by atoms with Gasteiger partial charge < -0.3 is 10.2 Å². The maximum Gasteiger partial charge on any atom is 0.277 e. The van der Waals surface area contributed by atoms with Crippen molar-refractivity contribution in [1.82, 2.24) is 9.97 Å². The van der Waals surface area contributed by atoms with Gasteiger partial charge in [0.15, 0.2) is 0 Å². The zero-order chi connectivity index (χ0) is 18.1. The van der Waals surface area contributed by atoms with Gasteiger partial charge in [-0.25, -0.2) is 9.97 Å². The Balaban J connectivity index is 1.58. The second-order valence-electron chi connectivity index (χ2n) is 5.85. The predicted octanol–water partition coefficient (Wildman–Crippen LogP) is 4.73. The number of nitrogens with one attached hydrogen (secondary N) is 1. The summed E-state index contributed by atoms with van der Waals surface area (Å²) in [6.45, 7) is 0.651. The van der Waals surface area contributed by atoms with Crippen LogP contribution in [0.5, 0.6) is 0 Å². The summed E-state index contributed by atoms with van der Waals surface area (Å²) < 4.78 is 0. The van der Waals surface area contributed by atoms with Crippen molar-refractivity contribution >= 4 is 46.4 Å². The predicted molar refractivity (Wildman–Crippen MR) is 104 cm³/mol. The van der Waals surface area contributed by atoms with Crippen molar-refractivity contribution in [3.8, 4) is 0 Å². The first-order chi connectivity index (χ1) is 12.6. The van der Waals surface area contributed by atoms with Crippen LogP contribution in [0, 0.1) is 0 Å². The normalized spacial score (nSPS) is 12.8. The minimum absolute atomic E-state index is 0.144. The van der Waals surface area contributed by atoms with E-state index >= 15 is 0 Å². The van der Waals surface area contributed by atoms with Gasteiger partial charge in [-0.05, 0) is 42.3 Å². The summed E-state index contributed by atoms with van der Waals surface area (Å²) in [5.74, 6) is 0.177. The Kier molecular flexibility index (Phi) is 4.49. The van der Waals surface area contributed by atoms with Crippen LogP contribution in [0.25, 0.3) is 0 Å². The van der Waals surface area contributed by atoms with E-state index in [1.54, 1.807) is 35.4 Å². The minimum Gasteiger partial charge on any atom is -0.324 e. The summed E-state index contributed by atoms with van der Waals surface area (Å²) in [6, 6.07) is 14.7. The lowest BCUT2D eigenvalue weighted by Crippen LogP contribution is -2.29. The molecule has 1 N–H and O–H groups in total. The summed E-state index contributed by atoms with van der Waals surface area (Å²) in [5, 5.41) is 3.94. The number of halogens is 2. The molecule has 0 saturated carbocycles. The Morgan fingerprint density at radius 3 is 2.77 bits per heavy atom. The van der Waals surface area contributed by atoms with Crippen molar-refractivity contribution in [3.63, 3.8) is 0 Å². The lowest BCUT2D eigenvalue weighted by Gasteiger charge is -2.17. The molecule has 1 aromatic heterocycles. The fourth-order valence-corrected chi connectivity index (χ4v) is 3.23. The number of para-hydroxylation sites is 1. The van der Waals surface area contributed by atoms with Crippen LogP contribution in [0.2, 0.25) is 10.0 Å². The molecule has 1 aliphatic heterocycles. The van der Waals surface area contributed by atoms with Gasteiger partial charge in [0, 0.05) is 24.1 Å². The van der Waals surface area contributed by atoms with Gasteiger partial charge in [-0.3, -0.25) is 4.79 Å². The maximum atomic E-state index is 12.9. The third-order valence-corrected chi connectivity index (χ3v) is 4.92. The van der Waals surface area contributed by atoms with E-state index in [0.29, 0.717) is 33.9 Å². The van der Waals surface area contributed by atoms with E-state index in [4.69, 9.17) is 23.2 Å². The van der Waals surface area contributed by atoms with Gasteiger partial charge in [0.1, 0.15) is 5.69 Å². The summed E-state index contributed by atoms with van der Waals surface area (Å²) in [7, 11) is 0. The van der Waals surface area contributed by atoms with Crippen LogP contribution in [0.4, 0.5) is 17.3 Å². The molecule has 3 aromatic rings. The number of amides is 1. The standard InChI is InChI=1S/C19H14Cl2N4O/c20-14-6-5-13(11-15(14)21)23-19-22-9-7-16(24-19)18(26)25-10-8-12-3-1-2-4-17(12)25/h1-7,9,11H,8,10H2,(H,22,23,24). The van der Waals surface area contributed by atoms with E-state index in [1.165, 1.54) is 5.56 Å². The first-order valence-electron chi connectivity index (χ1n) is 8.07. The van der Waals surface area contributed by atoms with Gasteiger partial charge in [0.05, 0.1) is 10.0 Å². The molecule has 0 aliphatic carbocycles. The van der Waals surface area contributed by atoms with Crippen LogP contribution in [0.1, 0.15) is 16.1 Å². The Labute approximate surface area is 160 Å². The van der Waals surface area contributed by atoms with E-state index < -0.39 is 0 Å². The van der Waals surface area contributed by atoms with Crippen molar-refractivity contribution in [2.75, 3.05) is 16.8 Å². The van der Waals surface area contributed by atoms with E-state index in [9.17, 15) is 4.79 Å². The smallest absolute Gasteiger partial charge is 0.277 e. The molecule has 0 radical (unpaired) electrons. The first kappa shape index (κ1) is 16.8. The van der Waals surface area contributed by atoms with Crippen LogP contribution < -0.4 is 10.2 Å². The van der Waals surface area contributed by atoms with Gasteiger partial charge in [0.25, 0.3) is 5.91 Å². The Morgan fingerprint density at radius 1 is 1.08 bits per heavy atom. The van der Waals surface area contributed by atoms with Crippen molar-refractivity contribution in [3.05, 3.63) is 76.0 Å². The zero-order valence-corrected chi connectivity index (χ0v) is 15.1.